The first-order valence-electron chi connectivity index (χ1n) is 10.7. The molecule has 0 aliphatic rings. The lowest BCUT2D eigenvalue weighted by atomic mass is 10.2. The maximum absolute atomic E-state index is 12.6. The summed E-state index contributed by atoms with van der Waals surface area (Å²) in [7, 11) is 0. The second-order valence-electron chi connectivity index (χ2n) is 7.61. The summed E-state index contributed by atoms with van der Waals surface area (Å²) in [5.74, 6) is 0.910. The molecule has 164 valence electrons. The summed E-state index contributed by atoms with van der Waals surface area (Å²) in [6.07, 6.45) is 3.69. The van der Waals surface area contributed by atoms with E-state index >= 15 is 0 Å². The zero-order valence-electron chi connectivity index (χ0n) is 17.9. The molecule has 0 saturated heterocycles. The van der Waals surface area contributed by atoms with Gasteiger partial charge in [0.25, 0.3) is 5.56 Å². The number of nitrogens with zero attached hydrogens (tertiary/aromatic N) is 1. The molecule has 0 saturated carbocycles. The highest BCUT2D eigenvalue weighted by atomic mass is 32.1. The van der Waals surface area contributed by atoms with Crippen LogP contribution >= 0.6 is 12.2 Å². The number of rotatable bonds is 11. The van der Waals surface area contributed by atoms with Crippen LogP contribution in [0.1, 0.15) is 37.7 Å². The number of H-pyrrole nitrogens is 1. The fourth-order valence-corrected chi connectivity index (χ4v) is 3.70. The highest BCUT2D eigenvalue weighted by Gasteiger charge is 2.06. The van der Waals surface area contributed by atoms with Crippen molar-refractivity contribution in [1.82, 2.24) is 14.9 Å². The first kappa shape index (κ1) is 22.7. The Morgan fingerprint density at radius 3 is 2.77 bits per heavy atom. The number of hydrogen-bond acceptors (Lipinski definition) is 4. The van der Waals surface area contributed by atoms with Crippen molar-refractivity contribution >= 4 is 29.0 Å². The van der Waals surface area contributed by atoms with Crippen molar-refractivity contribution in [2.45, 2.75) is 45.6 Å². The fraction of sp³-hybridized carbons (Fsp3) is 0.375. The SMILES string of the molecule is Cc1cccc(OCCCNC(=O)CCCCCn2c(=S)[nH]c3ccccc3c2=O)c1. The van der Waals surface area contributed by atoms with E-state index in [1.54, 1.807) is 10.6 Å². The van der Waals surface area contributed by atoms with Crippen molar-refractivity contribution in [3.8, 4) is 5.75 Å². The smallest absolute Gasteiger partial charge is 0.262 e. The molecule has 7 heteroatoms. The Hall–Kier alpha value is -2.93. The summed E-state index contributed by atoms with van der Waals surface area (Å²) < 4.78 is 7.72. The molecule has 0 fully saturated rings. The number of para-hydroxylation sites is 1. The Kier molecular flexibility index (Phi) is 8.41. The molecule has 0 aliphatic carbocycles. The second-order valence-corrected chi connectivity index (χ2v) is 8.00. The van der Waals surface area contributed by atoms with Crippen LogP contribution in [-0.2, 0) is 11.3 Å². The Morgan fingerprint density at radius 2 is 1.94 bits per heavy atom. The molecule has 1 aromatic heterocycles. The van der Waals surface area contributed by atoms with Crippen LogP contribution in [0.25, 0.3) is 10.9 Å². The number of carbonyl (C=O) groups is 1. The van der Waals surface area contributed by atoms with Crippen LogP contribution in [0.3, 0.4) is 0 Å². The minimum atomic E-state index is -0.0648. The molecular formula is C24H29N3O3S. The third-order valence-electron chi connectivity index (χ3n) is 5.08. The molecule has 1 heterocycles. The Labute approximate surface area is 187 Å². The van der Waals surface area contributed by atoms with Gasteiger partial charge in [-0.3, -0.25) is 14.2 Å². The summed E-state index contributed by atoms with van der Waals surface area (Å²) in [5, 5.41) is 3.57. The molecule has 0 unspecified atom stereocenters. The van der Waals surface area contributed by atoms with Crippen LogP contribution in [0.5, 0.6) is 5.75 Å². The van der Waals surface area contributed by atoms with Gasteiger partial charge in [-0.25, -0.2) is 0 Å². The van der Waals surface area contributed by atoms with E-state index < -0.39 is 0 Å². The molecule has 0 spiro atoms. The molecule has 3 aromatic rings. The number of carbonyl (C=O) groups excluding carboxylic acids is 1. The monoisotopic (exact) mass is 439 g/mol. The third-order valence-corrected chi connectivity index (χ3v) is 5.40. The molecule has 31 heavy (non-hydrogen) atoms. The Morgan fingerprint density at radius 1 is 1.10 bits per heavy atom. The van der Waals surface area contributed by atoms with Gasteiger partial charge in [0.15, 0.2) is 4.77 Å². The van der Waals surface area contributed by atoms with Crippen LogP contribution in [0.4, 0.5) is 0 Å². The predicted molar refractivity (Wildman–Crippen MR) is 126 cm³/mol. The first-order valence-corrected chi connectivity index (χ1v) is 11.1. The van der Waals surface area contributed by atoms with E-state index in [-0.39, 0.29) is 11.5 Å². The van der Waals surface area contributed by atoms with Gasteiger partial charge in [0.2, 0.25) is 5.91 Å². The Balaban J connectivity index is 1.30. The number of ether oxygens (including phenoxy) is 1. The van der Waals surface area contributed by atoms with Crippen molar-refractivity contribution in [2.75, 3.05) is 13.2 Å². The lowest BCUT2D eigenvalue weighted by Crippen LogP contribution is -2.25. The van der Waals surface area contributed by atoms with Crippen molar-refractivity contribution < 1.29 is 9.53 Å². The van der Waals surface area contributed by atoms with Gasteiger partial charge in [0.1, 0.15) is 5.75 Å². The maximum atomic E-state index is 12.6. The average Bonchev–Trinajstić information content (AvgIpc) is 2.75. The zero-order valence-corrected chi connectivity index (χ0v) is 18.7. The molecule has 0 radical (unpaired) electrons. The number of aromatic nitrogens is 2. The van der Waals surface area contributed by atoms with Gasteiger partial charge in [-0.2, -0.15) is 0 Å². The molecule has 0 atom stereocenters. The number of benzene rings is 2. The number of nitrogens with one attached hydrogen (secondary N) is 2. The van der Waals surface area contributed by atoms with Crippen LogP contribution in [0.2, 0.25) is 0 Å². The number of fused-ring (bicyclic) bond motifs is 1. The number of aromatic amines is 1. The van der Waals surface area contributed by atoms with Crippen molar-refractivity contribution in [1.29, 1.82) is 0 Å². The minimum absolute atomic E-state index is 0.0516. The molecule has 1 amide bonds. The molecule has 6 nitrogen and oxygen atoms in total. The molecule has 0 aliphatic heterocycles. The summed E-state index contributed by atoms with van der Waals surface area (Å²) >= 11 is 5.33. The summed E-state index contributed by atoms with van der Waals surface area (Å²) in [5.41, 5.74) is 1.86. The molecule has 3 rings (SSSR count). The minimum Gasteiger partial charge on any atom is -0.494 e. The molecule has 2 N–H and O–H groups in total. The quantitative estimate of drug-likeness (QED) is 0.340. The molecule has 0 bridgehead atoms. The molecule has 2 aromatic carbocycles. The maximum Gasteiger partial charge on any atom is 0.262 e. The largest absolute Gasteiger partial charge is 0.494 e. The van der Waals surface area contributed by atoms with Gasteiger partial charge in [0.05, 0.1) is 17.5 Å². The van der Waals surface area contributed by atoms with Crippen LogP contribution in [0, 0.1) is 11.7 Å². The number of aryl methyl sites for hydroxylation is 1. The fourth-order valence-electron chi connectivity index (χ4n) is 3.42. The molecular weight excluding hydrogens is 410 g/mol. The summed E-state index contributed by atoms with van der Waals surface area (Å²) in [6, 6.07) is 15.3. The predicted octanol–water partition coefficient (Wildman–Crippen LogP) is 4.51. The van der Waals surface area contributed by atoms with Crippen molar-refractivity contribution in [2.24, 2.45) is 0 Å². The summed E-state index contributed by atoms with van der Waals surface area (Å²) in [4.78, 5) is 27.7. The highest BCUT2D eigenvalue weighted by Crippen LogP contribution is 2.12. The lowest BCUT2D eigenvalue weighted by Gasteiger charge is -2.09. The average molecular weight is 440 g/mol. The second kappa shape index (κ2) is 11.5. The van der Waals surface area contributed by atoms with Gasteiger partial charge in [-0.05, 0) is 68.2 Å². The number of amides is 1. The van der Waals surface area contributed by atoms with E-state index in [1.807, 2.05) is 49.4 Å². The van der Waals surface area contributed by atoms with E-state index in [4.69, 9.17) is 17.0 Å². The van der Waals surface area contributed by atoms with Crippen LogP contribution in [0.15, 0.2) is 53.3 Å². The van der Waals surface area contributed by atoms with Crippen LogP contribution in [-0.4, -0.2) is 28.6 Å². The van der Waals surface area contributed by atoms with Crippen LogP contribution < -0.4 is 15.6 Å². The Bertz CT molecular complexity index is 1140. The number of hydrogen-bond donors (Lipinski definition) is 2. The van der Waals surface area contributed by atoms with E-state index in [0.717, 1.165) is 36.9 Å². The topological polar surface area (TPSA) is 76.1 Å². The number of unbranched alkanes of at least 4 members (excludes halogenated alkanes) is 2. The van der Waals surface area contributed by atoms with E-state index in [2.05, 4.69) is 10.3 Å². The van der Waals surface area contributed by atoms with Gasteiger partial charge in [-0.1, -0.05) is 30.7 Å². The van der Waals surface area contributed by atoms with Gasteiger partial charge < -0.3 is 15.0 Å². The van der Waals surface area contributed by atoms with E-state index in [9.17, 15) is 9.59 Å². The van der Waals surface area contributed by atoms with Crippen molar-refractivity contribution in [3.05, 3.63) is 69.2 Å². The highest BCUT2D eigenvalue weighted by molar-refractivity contribution is 7.71. The van der Waals surface area contributed by atoms with Gasteiger partial charge >= 0.3 is 0 Å². The normalized spacial score (nSPS) is 10.9. The lowest BCUT2D eigenvalue weighted by molar-refractivity contribution is -0.121. The zero-order chi connectivity index (χ0) is 22.1. The van der Waals surface area contributed by atoms with Gasteiger partial charge in [0, 0.05) is 19.5 Å². The van der Waals surface area contributed by atoms with E-state index in [0.29, 0.717) is 36.3 Å². The van der Waals surface area contributed by atoms with Crippen molar-refractivity contribution in [3.63, 3.8) is 0 Å². The standard InChI is InChI=1S/C24H29N3O3S/c1-18-9-7-10-19(17-18)30-16-8-14-25-22(28)13-3-2-6-15-27-23(29)20-11-4-5-12-21(20)26-24(27)31/h4-5,7,9-12,17H,2-3,6,8,13-16H2,1H3,(H,25,28)(H,26,31). The van der Waals surface area contributed by atoms with E-state index in [1.165, 1.54) is 5.56 Å². The summed E-state index contributed by atoms with van der Waals surface area (Å²) in [6.45, 7) is 3.76. The van der Waals surface area contributed by atoms with Gasteiger partial charge in [-0.15, -0.1) is 0 Å². The first-order chi connectivity index (χ1) is 15.0. The third kappa shape index (κ3) is 6.79.